The number of pyridine rings is 1. The Kier molecular flexibility index (Phi) is 5.38. The molecule has 0 saturated heterocycles. The Bertz CT molecular complexity index is 781. The van der Waals surface area contributed by atoms with Gasteiger partial charge in [0.15, 0.2) is 0 Å². The third kappa shape index (κ3) is 3.89. The summed E-state index contributed by atoms with van der Waals surface area (Å²) in [5.74, 6) is -0.0883. The van der Waals surface area contributed by atoms with Crippen molar-refractivity contribution in [2.45, 2.75) is 26.3 Å². The standard InChI is InChI=1S/C18H20N4OS/c1-2-11-22-16(13-15(21-22)17-7-5-12-24-17)18(23)20-10-8-14-6-3-4-9-19-14/h3-7,9,12-13H,2,8,10-11H2,1H3,(H,20,23). The maximum absolute atomic E-state index is 12.5. The number of carbonyl (C=O) groups excluding carboxylic acids is 1. The number of amides is 1. The molecule has 0 spiro atoms. The molecule has 0 aliphatic rings. The average molecular weight is 340 g/mol. The molecule has 6 heteroatoms. The summed E-state index contributed by atoms with van der Waals surface area (Å²) in [6.45, 7) is 3.37. The van der Waals surface area contributed by atoms with Crippen LogP contribution in [0.4, 0.5) is 0 Å². The highest BCUT2D eigenvalue weighted by Gasteiger charge is 2.16. The largest absolute Gasteiger partial charge is 0.350 e. The number of aromatic nitrogens is 3. The number of hydrogen-bond donors (Lipinski definition) is 1. The van der Waals surface area contributed by atoms with E-state index in [1.54, 1.807) is 22.2 Å². The first-order valence-corrected chi connectivity index (χ1v) is 8.95. The van der Waals surface area contributed by atoms with E-state index in [1.807, 2.05) is 41.8 Å². The van der Waals surface area contributed by atoms with Crippen LogP contribution in [0.25, 0.3) is 10.6 Å². The molecule has 0 atom stereocenters. The fourth-order valence-electron chi connectivity index (χ4n) is 2.47. The van der Waals surface area contributed by atoms with Crippen molar-refractivity contribution in [2.75, 3.05) is 6.54 Å². The molecule has 0 aromatic carbocycles. The van der Waals surface area contributed by atoms with Gasteiger partial charge >= 0.3 is 0 Å². The van der Waals surface area contributed by atoms with E-state index in [-0.39, 0.29) is 5.91 Å². The van der Waals surface area contributed by atoms with Gasteiger partial charge in [0, 0.05) is 31.4 Å². The van der Waals surface area contributed by atoms with Crippen molar-refractivity contribution in [2.24, 2.45) is 0 Å². The van der Waals surface area contributed by atoms with Crippen LogP contribution in [0.3, 0.4) is 0 Å². The fraction of sp³-hybridized carbons (Fsp3) is 0.278. The molecule has 0 saturated carbocycles. The van der Waals surface area contributed by atoms with Crippen LogP contribution in [0.5, 0.6) is 0 Å². The molecule has 3 aromatic heterocycles. The highest BCUT2D eigenvalue weighted by atomic mass is 32.1. The van der Waals surface area contributed by atoms with Crippen molar-refractivity contribution in [3.05, 3.63) is 59.4 Å². The summed E-state index contributed by atoms with van der Waals surface area (Å²) in [4.78, 5) is 17.9. The molecule has 3 aromatic rings. The Morgan fingerprint density at radius 2 is 2.21 bits per heavy atom. The molecule has 0 aliphatic carbocycles. The SMILES string of the molecule is CCCn1nc(-c2cccs2)cc1C(=O)NCCc1ccccn1. The van der Waals surface area contributed by atoms with E-state index < -0.39 is 0 Å². The molecular weight excluding hydrogens is 320 g/mol. The zero-order valence-electron chi connectivity index (χ0n) is 13.6. The molecule has 24 heavy (non-hydrogen) atoms. The zero-order chi connectivity index (χ0) is 16.8. The van der Waals surface area contributed by atoms with Crippen molar-refractivity contribution in [3.8, 4) is 10.6 Å². The Hall–Kier alpha value is -2.47. The molecule has 1 amide bonds. The number of hydrogen-bond acceptors (Lipinski definition) is 4. The Balaban J connectivity index is 1.69. The second-order valence-corrected chi connectivity index (χ2v) is 6.39. The van der Waals surface area contributed by atoms with E-state index >= 15 is 0 Å². The highest BCUT2D eigenvalue weighted by Crippen LogP contribution is 2.24. The molecule has 0 aliphatic heterocycles. The summed E-state index contributed by atoms with van der Waals surface area (Å²) in [5.41, 5.74) is 2.44. The van der Waals surface area contributed by atoms with Gasteiger partial charge in [-0.05, 0) is 36.1 Å². The van der Waals surface area contributed by atoms with E-state index in [0.29, 0.717) is 18.7 Å². The summed E-state index contributed by atoms with van der Waals surface area (Å²) in [6, 6.07) is 11.7. The maximum Gasteiger partial charge on any atom is 0.269 e. The van der Waals surface area contributed by atoms with Gasteiger partial charge < -0.3 is 5.32 Å². The minimum Gasteiger partial charge on any atom is -0.350 e. The summed E-state index contributed by atoms with van der Waals surface area (Å²) in [5, 5.41) is 9.57. The minimum atomic E-state index is -0.0883. The molecule has 3 rings (SSSR count). The van der Waals surface area contributed by atoms with Crippen LogP contribution in [0.2, 0.25) is 0 Å². The van der Waals surface area contributed by atoms with Crippen LogP contribution in [0, 0.1) is 0 Å². The summed E-state index contributed by atoms with van der Waals surface area (Å²) in [6.07, 6.45) is 3.41. The average Bonchev–Trinajstić information content (AvgIpc) is 3.25. The second kappa shape index (κ2) is 7.88. The number of rotatable bonds is 7. The summed E-state index contributed by atoms with van der Waals surface area (Å²) >= 11 is 1.63. The van der Waals surface area contributed by atoms with Crippen LogP contribution in [-0.2, 0) is 13.0 Å². The van der Waals surface area contributed by atoms with Crippen LogP contribution >= 0.6 is 11.3 Å². The van der Waals surface area contributed by atoms with E-state index in [1.165, 1.54) is 0 Å². The first kappa shape index (κ1) is 16.4. The number of nitrogens with zero attached hydrogens (tertiary/aromatic N) is 3. The van der Waals surface area contributed by atoms with Gasteiger partial charge in [-0.3, -0.25) is 14.5 Å². The molecule has 0 radical (unpaired) electrons. The lowest BCUT2D eigenvalue weighted by Crippen LogP contribution is -2.28. The van der Waals surface area contributed by atoms with Crippen LogP contribution in [0.1, 0.15) is 29.5 Å². The number of nitrogens with one attached hydrogen (secondary N) is 1. The van der Waals surface area contributed by atoms with Crippen molar-refractivity contribution in [1.82, 2.24) is 20.1 Å². The fourth-order valence-corrected chi connectivity index (χ4v) is 3.15. The van der Waals surface area contributed by atoms with E-state index in [4.69, 9.17) is 0 Å². The molecule has 124 valence electrons. The van der Waals surface area contributed by atoms with Gasteiger partial charge in [0.05, 0.1) is 4.88 Å². The van der Waals surface area contributed by atoms with E-state index in [9.17, 15) is 4.79 Å². The predicted molar refractivity (Wildman–Crippen MR) is 96.1 cm³/mol. The van der Waals surface area contributed by atoms with Crippen molar-refractivity contribution in [1.29, 1.82) is 0 Å². The lowest BCUT2D eigenvalue weighted by molar-refractivity contribution is 0.0943. The van der Waals surface area contributed by atoms with E-state index in [2.05, 4.69) is 22.3 Å². The summed E-state index contributed by atoms with van der Waals surface area (Å²) in [7, 11) is 0. The molecule has 3 heterocycles. The van der Waals surface area contributed by atoms with Crippen LogP contribution in [-0.4, -0.2) is 27.2 Å². The second-order valence-electron chi connectivity index (χ2n) is 5.44. The van der Waals surface area contributed by atoms with Crippen LogP contribution in [0.15, 0.2) is 48.0 Å². The predicted octanol–water partition coefficient (Wildman–Crippen LogP) is 3.39. The number of aryl methyl sites for hydroxylation is 1. The highest BCUT2D eigenvalue weighted by molar-refractivity contribution is 7.13. The molecule has 1 N–H and O–H groups in total. The first-order chi connectivity index (χ1) is 11.8. The molecule has 0 bridgehead atoms. The molecular formula is C18H20N4OS. The Labute approximate surface area is 145 Å². The van der Waals surface area contributed by atoms with E-state index in [0.717, 1.165) is 29.2 Å². The quantitative estimate of drug-likeness (QED) is 0.717. The van der Waals surface area contributed by atoms with Gasteiger partial charge in [-0.25, -0.2) is 0 Å². The van der Waals surface area contributed by atoms with Crippen molar-refractivity contribution >= 4 is 17.2 Å². The van der Waals surface area contributed by atoms with Gasteiger partial charge in [0.2, 0.25) is 0 Å². The van der Waals surface area contributed by atoms with Gasteiger partial charge in [0.25, 0.3) is 5.91 Å². The zero-order valence-corrected chi connectivity index (χ0v) is 14.4. The normalized spacial score (nSPS) is 10.7. The lowest BCUT2D eigenvalue weighted by atomic mass is 10.2. The lowest BCUT2D eigenvalue weighted by Gasteiger charge is -2.07. The Morgan fingerprint density at radius 1 is 1.29 bits per heavy atom. The number of thiophene rings is 1. The monoisotopic (exact) mass is 340 g/mol. The van der Waals surface area contributed by atoms with Gasteiger partial charge in [0.1, 0.15) is 11.4 Å². The molecule has 5 nitrogen and oxygen atoms in total. The van der Waals surface area contributed by atoms with Crippen molar-refractivity contribution in [3.63, 3.8) is 0 Å². The van der Waals surface area contributed by atoms with Gasteiger partial charge in [-0.2, -0.15) is 5.10 Å². The Morgan fingerprint density at radius 3 is 2.92 bits per heavy atom. The first-order valence-electron chi connectivity index (χ1n) is 8.07. The van der Waals surface area contributed by atoms with Gasteiger partial charge in [-0.15, -0.1) is 11.3 Å². The summed E-state index contributed by atoms with van der Waals surface area (Å²) < 4.78 is 1.80. The van der Waals surface area contributed by atoms with Gasteiger partial charge in [-0.1, -0.05) is 19.1 Å². The van der Waals surface area contributed by atoms with Crippen molar-refractivity contribution < 1.29 is 4.79 Å². The minimum absolute atomic E-state index is 0.0883. The molecule has 0 fully saturated rings. The third-order valence-electron chi connectivity index (χ3n) is 3.61. The smallest absolute Gasteiger partial charge is 0.269 e. The topological polar surface area (TPSA) is 59.8 Å². The third-order valence-corrected chi connectivity index (χ3v) is 4.51. The van der Waals surface area contributed by atoms with Crippen LogP contribution < -0.4 is 5.32 Å². The maximum atomic E-state index is 12.5. The molecule has 0 unspecified atom stereocenters. The number of carbonyl (C=O) groups is 1.